The van der Waals surface area contributed by atoms with Crippen LogP contribution in [0.3, 0.4) is 0 Å². The van der Waals surface area contributed by atoms with Crippen molar-refractivity contribution in [1.29, 1.82) is 0 Å². The van der Waals surface area contributed by atoms with E-state index in [1.807, 2.05) is 0 Å². The molecule has 0 spiro atoms. The van der Waals surface area contributed by atoms with Crippen LogP contribution >= 0.6 is 0 Å². The van der Waals surface area contributed by atoms with Crippen molar-refractivity contribution in [2.24, 2.45) is 0 Å². The first-order valence-electron chi connectivity index (χ1n) is 7.06. The third-order valence-electron chi connectivity index (χ3n) is 3.56. The molecule has 0 aromatic carbocycles. The van der Waals surface area contributed by atoms with Gasteiger partial charge in [0.2, 0.25) is 11.8 Å². The molecule has 0 fully saturated rings. The molecule has 6 heteroatoms. The lowest BCUT2D eigenvalue weighted by molar-refractivity contribution is -0.126. The molecule has 112 valence electrons. The van der Waals surface area contributed by atoms with Crippen LogP contribution in [0.15, 0.2) is 24.3 Å². The highest BCUT2D eigenvalue weighted by Crippen LogP contribution is 2.06. The third kappa shape index (κ3) is 4.37. The Hall–Kier alpha value is -2.24. The van der Waals surface area contributed by atoms with Crippen LogP contribution in [0.5, 0.6) is 0 Å². The summed E-state index contributed by atoms with van der Waals surface area (Å²) < 4.78 is 0. The second kappa shape index (κ2) is 6.97. The fraction of sp³-hybridized carbons (Fsp3) is 0.467. The number of allylic oxidation sites excluding steroid dienone is 2. The summed E-state index contributed by atoms with van der Waals surface area (Å²) in [4.78, 5) is 49.2. The van der Waals surface area contributed by atoms with E-state index in [2.05, 4.69) is 0 Å². The van der Waals surface area contributed by atoms with E-state index in [0.717, 1.165) is 0 Å². The van der Waals surface area contributed by atoms with Gasteiger partial charge < -0.3 is 9.80 Å². The van der Waals surface area contributed by atoms with Crippen molar-refractivity contribution in [3.8, 4) is 0 Å². The minimum Gasteiger partial charge on any atom is -0.339 e. The Morgan fingerprint density at radius 2 is 1.14 bits per heavy atom. The molecule has 0 aromatic rings. The predicted octanol–water partition coefficient (Wildman–Crippen LogP) is 0.0917. The van der Waals surface area contributed by atoms with E-state index in [-0.39, 0.29) is 23.4 Å². The van der Waals surface area contributed by atoms with Crippen LogP contribution in [0.25, 0.3) is 0 Å². The summed E-state index contributed by atoms with van der Waals surface area (Å²) in [6.07, 6.45) is 6.53. The first-order chi connectivity index (χ1) is 10.1. The standard InChI is InChI=1S/C15H18N2O4/c18-12-2-4-14(20)16(10-6-12)8-1-9-17-11-7-13(19)3-5-15(17)21/h2-5H,1,6-11H2. The van der Waals surface area contributed by atoms with Crippen LogP contribution in [0, 0.1) is 0 Å². The quantitative estimate of drug-likeness (QED) is 0.735. The highest BCUT2D eigenvalue weighted by molar-refractivity contribution is 6.00. The molecular formula is C15H18N2O4. The largest absolute Gasteiger partial charge is 0.339 e. The van der Waals surface area contributed by atoms with Gasteiger partial charge in [0.1, 0.15) is 0 Å². The monoisotopic (exact) mass is 290 g/mol. The zero-order valence-electron chi connectivity index (χ0n) is 11.8. The average Bonchev–Trinajstić information content (AvgIpc) is 2.72. The molecule has 0 aliphatic carbocycles. The van der Waals surface area contributed by atoms with Gasteiger partial charge in [-0.1, -0.05) is 0 Å². The number of hydrogen-bond acceptors (Lipinski definition) is 4. The molecule has 2 amide bonds. The fourth-order valence-corrected chi connectivity index (χ4v) is 2.31. The number of hydrogen-bond donors (Lipinski definition) is 0. The maximum Gasteiger partial charge on any atom is 0.246 e. The minimum absolute atomic E-state index is 0.0443. The molecule has 2 aliphatic rings. The molecule has 2 rings (SSSR count). The fourth-order valence-electron chi connectivity index (χ4n) is 2.31. The second-order valence-electron chi connectivity index (χ2n) is 5.10. The Morgan fingerprint density at radius 1 is 0.714 bits per heavy atom. The van der Waals surface area contributed by atoms with Crippen molar-refractivity contribution in [2.75, 3.05) is 26.2 Å². The summed E-state index contributed by atoms with van der Waals surface area (Å²) in [6, 6.07) is 0. The number of carbonyl (C=O) groups is 4. The van der Waals surface area contributed by atoms with Gasteiger partial charge in [0.05, 0.1) is 0 Å². The summed E-state index contributed by atoms with van der Waals surface area (Å²) in [5.74, 6) is -0.425. The van der Waals surface area contributed by atoms with Crippen molar-refractivity contribution in [1.82, 2.24) is 9.80 Å². The average molecular weight is 290 g/mol. The summed E-state index contributed by atoms with van der Waals surface area (Å²) in [6.45, 7) is 1.82. The van der Waals surface area contributed by atoms with Crippen LogP contribution in [0.4, 0.5) is 0 Å². The van der Waals surface area contributed by atoms with Crippen molar-refractivity contribution in [2.45, 2.75) is 19.3 Å². The number of amides is 2. The molecule has 0 bridgehead atoms. The molecular weight excluding hydrogens is 272 g/mol. The Bertz CT molecular complexity index is 476. The van der Waals surface area contributed by atoms with Crippen LogP contribution in [-0.2, 0) is 19.2 Å². The first-order valence-corrected chi connectivity index (χ1v) is 7.06. The SMILES string of the molecule is O=C1C=CC(=O)N(CCCN2CCC(=O)C=CC2=O)CC1. The van der Waals surface area contributed by atoms with Gasteiger partial charge in [-0.2, -0.15) is 0 Å². The van der Waals surface area contributed by atoms with Crippen molar-refractivity contribution < 1.29 is 19.2 Å². The molecule has 0 aromatic heterocycles. The Morgan fingerprint density at radius 3 is 1.57 bits per heavy atom. The van der Waals surface area contributed by atoms with E-state index >= 15 is 0 Å². The van der Waals surface area contributed by atoms with Crippen LogP contribution < -0.4 is 0 Å². The Balaban J connectivity index is 1.81. The van der Waals surface area contributed by atoms with Crippen molar-refractivity contribution in [3.63, 3.8) is 0 Å². The lowest BCUT2D eigenvalue weighted by Gasteiger charge is -2.23. The van der Waals surface area contributed by atoms with Gasteiger partial charge in [0.15, 0.2) is 11.6 Å². The second-order valence-corrected chi connectivity index (χ2v) is 5.10. The van der Waals surface area contributed by atoms with Crippen molar-refractivity contribution >= 4 is 23.4 Å². The van der Waals surface area contributed by atoms with E-state index in [1.54, 1.807) is 9.80 Å². The summed E-state index contributed by atoms with van der Waals surface area (Å²) in [7, 11) is 0. The molecule has 21 heavy (non-hydrogen) atoms. The molecule has 0 atom stereocenters. The van der Waals surface area contributed by atoms with Crippen LogP contribution in [-0.4, -0.2) is 59.4 Å². The van der Waals surface area contributed by atoms with Crippen LogP contribution in [0.2, 0.25) is 0 Å². The van der Waals surface area contributed by atoms with E-state index in [9.17, 15) is 19.2 Å². The van der Waals surface area contributed by atoms with Gasteiger partial charge >= 0.3 is 0 Å². The van der Waals surface area contributed by atoms with Gasteiger partial charge in [-0.3, -0.25) is 19.2 Å². The Labute approximate surface area is 123 Å². The predicted molar refractivity (Wildman–Crippen MR) is 75.3 cm³/mol. The van der Waals surface area contributed by atoms with Gasteiger partial charge in [-0.25, -0.2) is 0 Å². The number of nitrogens with zero attached hydrogens (tertiary/aromatic N) is 2. The number of carbonyl (C=O) groups excluding carboxylic acids is 4. The number of rotatable bonds is 4. The maximum atomic E-state index is 11.8. The van der Waals surface area contributed by atoms with Gasteiger partial charge in [-0.15, -0.1) is 0 Å². The summed E-state index contributed by atoms with van der Waals surface area (Å²) in [5.41, 5.74) is 0. The number of ketones is 2. The van der Waals surface area contributed by atoms with Gasteiger partial charge in [0.25, 0.3) is 0 Å². The third-order valence-corrected chi connectivity index (χ3v) is 3.56. The highest BCUT2D eigenvalue weighted by atomic mass is 16.2. The molecule has 6 nitrogen and oxygen atoms in total. The summed E-state index contributed by atoms with van der Waals surface area (Å²) >= 11 is 0. The molecule has 0 N–H and O–H groups in total. The molecule has 2 aliphatic heterocycles. The van der Waals surface area contributed by atoms with E-state index in [1.165, 1.54) is 24.3 Å². The first kappa shape index (κ1) is 15.2. The van der Waals surface area contributed by atoms with Gasteiger partial charge in [0, 0.05) is 51.2 Å². The van der Waals surface area contributed by atoms with Gasteiger partial charge in [-0.05, 0) is 18.6 Å². The normalized spacial score (nSPS) is 20.0. The molecule has 0 unspecified atom stereocenters. The lowest BCUT2D eigenvalue weighted by Crippen LogP contribution is -2.35. The molecule has 0 saturated carbocycles. The van der Waals surface area contributed by atoms with E-state index in [4.69, 9.17) is 0 Å². The zero-order chi connectivity index (χ0) is 15.2. The topological polar surface area (TPSA) is 74.8 Å². The maximum absolute atomic E-state index is 11.8. The Kier molecular flexibility index (Phi) is 5.03. The zero-order valence-corrected chi connectivity index (χ0v) is 11.8. The minimum atomic E-state index is -0.168. The summed E-state index contributed by atoms with van der Waals surface area (Å²) in [5, 5.41) is 0. The lowest BCUT2D eigenvalue weighted by atomic mass is 10.2. The highest BCUT2D eigenvalue weighted by Gasteiger charge is 2.18. The van der Waals surface area contributed by atoms with Crippen molar-refractivity contribution in [3.05, 3.63) is 24.3 Å². The molecule has 2 heterocycles. The van der Waals surface area contributed by atoms with Crippen LogP contribution in [0.1, 0.15) is 19.3 Å². The smallest absolute Gasteiger partial charge is 0.246 e. The van der Waals surface area contributed by atoms with E-state index in [0.29, 0.717) is 45.4 Å². The molecule has 0 radical (unpaired) electrons. The van der Waals surface area contributed by atoms with E-state index < -0.39 is 0 Å². The molecule has 0 saturated heterocycles.